The first-order chi connectivity index (χ1) is 10.1. The van der Waals surface area contributed by atoms with Gasteiger partial charge in [-0.25, -0.2) is 0 Å². The second kappa shape index (κ2) is 5.94. The Balaban J connectivity index is 1.70. The highest BCUT2D eigenvalue weighted by Crippen LogP contribution is 2.52. The molecule has 1 aromatic rings. The third-order valence-electron chi connectivity index (χ3n) is 5.77. The Kier molecular flexibility index (Phi) is 4.19. The van der Waals surface area contributed by atoms with E-state index in [1.54, 1.807) is 0 Å². The van der Waals surface area contributed by atoms with Crippen LogP contribution in [0.1, 0.15) is 57.9 Å². The number of rotatable bonds is 4. The minimum atomic E-state index is 0.309. The van der Waals surface area contributed by atoms with Crippen molar-refractivity contribution in [3.05, 3.63) is 35.9 Å². The molecule has 0 bridgehead atoms. The maximum absolute atomic E-state index is 13.0. The maximum atomic E-state index is 13.0. The zero-order chi connectivity index (χ0) is 15.0. The molecule has 1 aromatic carbocycles. The molecule has 0 saturated heterocycles. The van der Waals surface area contributed by atoms with Gasteiger partial charge >= 0.3 is 0 Å². The molecule has 21 heavy (non-hydrogen) atoms. The van der Waals surface area contributed by atoms with Gasteiger partial charge in [0.25, 0.3) is 0 Å². The van der Waals surface area contributed by atoms with Crippen LogP contribution >= 0.6 is 0 Å². The number of carbonyl (C=O) groups is 1. The largest absolute Gasteiger partial charge is 0.299 e. The third-order valence-corrected chi connectivity index (χ3v) is 5.77. The minimum Gasteiger partial charge on any atom is -0.299 e. The fourth-order valence-corrected chi connectivity index (χ4v) is 4.38. The summed E-state index contributed by atoms with van der Waals surface area (Å²) < 4.78 is 0. The highest BCUT2D eigenvalue weighted by atomic mass is 16.1. The predicted octanol–water partition coefficient (Wildman–Crippen LogP) is 5.07. The van der Waals surface area contributed by atoms with Crippen molar-refractivity contribution in [1.82, 2.24) is 0 Å². The van der Waals surface area contributed by atoms with Crippen LogP contribution in [0.2, 0.25) is 0 Å². The summed E-state index contributed by atoms with van der Waals surface area (Å²) in [4.78, 5) is 13.0. The van der Waals surface area contributed by atoms with Gasteiger partial charge in [0.05, 0.1) is 0 Å². The van der Waals surface area contributed by atoms with E-state index in [1.165, 1.54) is 18.4 Å². The Morgan fingerprint density at radius 3 is 2.43 bits per heavy atom. The van der Waals surface area contributed by atoms with E-state index in [2.05, 4.69) is 51.1 Å². The Morgan fingerprint density at radius 2 is 1.76 bits per heavy atom. The van der Waals surface area contributed by atoms with Crippen LogP contribution in [-0.4, -0.2) is 5.78 Å². The van der Waals surface area contributed by atoms with Gasteiger partial charge in [-0.05, 0) is 48.5 Å². The van der Waals surface area contributed by atoms with Crippen LogP contribution in [0.25, 0.3) is 0 Å². The number of hydrogen-bond donors (Lipinski definition) is 0. The van der Waals surface area contributed by atoms with Crippen LogP contribution < -0.4 is 0 Å². The lowest BCUT2D eigenvalue weighted by Crippen LogP contribution is -2.34. The molecule has 2 aliphatic carbocycles. The van der Waals surface area contributed by atoms with Crippen molar-refractivity contribution in [2.24, 2.45) is 29.6 Å². The van der Waals surface area contributed by atoms with E-state index in [1.807, 2.05) is 0 Å². The number of hydrogen-bond acceptors (Lipinski definition) is 1. The number of ketones is 1. The topological polar surface area (TPSA) is 17.1 Å². The zero-order valence-corrected chi connectivity index (χ0v) is 13.6. The van der Waals surface area contributed by atoms with E-state index in [0.29, 0.717) is 35.4 Å². The van der Waals surface area contributed by atoms with Crippen LogP contribution in [0, 0.1) is 29.6 Å². The molecular weight excluding hydrogens is 256 g/mol. The van der Waals surface area contributed by atoms with E-state index in [0.717, 1.165) is 18.8 Å². The van der Waals surface area contributed by atoms with Crippen LogP contribution in [-0.2, 0) is 4.79 Å². The standard InChI is InChI=1S/C20H28O/c1-13(2)16-10-9-14(3)11-18(16)20(21)19-12-17(19)15-7-5-4-6-8-15/h4-8,13-14,16-19H,9-12H2,1-3H3. The van der Waals surface area contributed by atoms with Gasteiger partial charge in [-0.2, -0.15) is 0 Å². The van der Waals surface area contributed by atoms with Crippen LogP contribution in [0.4, 0.5) is 0 Å². The second-order valence-corrected chi connectivity index (χ2v) is 7.69. The Hall–Kier alpha value is -1.11. The molecule has 5 unspecified atom stereocenters. The monoisotopic (exact) mass is 284 g/mol. The summed E-state index contributed by atoms with van der Waals surface area (Å²) in [6, 6.07) is 10.6. The summed E-state index contributed by atoms with van der Waals surface area (Å²) in [6.45, 7) is 6.91. The quantitative estimate of drug-likeness (QED) is 0.754. The lowest BCUT2D eigenvalue weighted by atomic mass is 9.68. The van der Waals surface area contributed by atoms with Gasteiger partial charge in [0.15, 0.2) is 0 Å². The predicted molar refractivity (Wildman–Crippen MR) is 87.1 cm³/mol. The molecule has 2 saturated carbocycles. The number of Topliss-reactive ketones (excluding diaryl/α,β-unsaturated/α-hetero) is 1. The normalized spacial score (nSPS) is 35.7. The molecule has 2 fully saturated rings. The molecule has 0 radical (unpaired) electrons. The molecule has 0 amide bonds. The SMILES string of the molecule is CC1CCC(C(C)C)C(C(=O)C2CC2c2ccccc2)C1. The minimum absolute atomic E-state index is 0.309. The maximum Gasteiger partial charge on any atom is 0.139 e. The average molecular weight is 284 g/mol. The lowest BCUT2D eigenvalue weighted by molar-refractivity contribution is -0.128. The van der Waals surface area contributed by atoms with Gasteiger partial charge in [0.2, 0.25) is 0 Å². The van der Waals surface area contributed by atoms with Gasteiger partial charge in [-0.15, -0.1) is 0 Å². The highest BCUT2D eigenvalue weighted by Gasteiger charge is 2.48. The van der Waals surface area contributed by atoms with Crippen LogP contribution in [0.3, 0.4) is 0 Å². The number of carbonyl (C=O) groups excluding carboxylic acids is 1. The zero-order valence-electron chi connectivity index (χ0n) is 13.6. The van der Waals surface area contributed by atoms with Gasteiger partial charge in [0.1, 0.15) is 5.78 Å². The molecule has 1 nitrogen and oxygen atoms in total. The van der Waals surface area contributed by atoms with Gasteiger partial charge < -0.3 is 0 Å². The summed E-state index contributed by atoms with van der Waals surface area (Å²) >= 11 is 0. The van der Waals surface area contributed by atoms with Crippen LogP contribution in [0.5, 0.6) is 0 Å². The van der Waals surface area contributed by atoms with Crippen molar-refractivity contribution in [3.63, 3.8) is 0 Å². The molecule has 3 rings (SSSR count). The Morgan fingerprint density at radius 1 is 1.05 bits per heavy atom. The van der Waals surface area contributed by atoms with Crippen molar-refractivity contribution in [2.75, 3.05) is 0 Å². The fraction of sp³-hybridized carbons (Fsp3) is 0.650. The summed E-state index contributed by atoms with van der Waals surface area (Å²) in [5.74, 6) is 3.70. The van der Waals surface area contributed by atoms with E-state index in [9.17, 15) is 4.79 Å². The molecular formula is C20H28O. The van der Waals surface area contributed by atoms with E-state index in [4.69, 9.17) is 0 Å². The molecule has 2 aliphatic rings. The molecule has 0 aliphatic heterocycles. The third kappa shape index (κ3) is 3.07. The average Bonchev–Trinajstić information content (AvgIpc) is 3.27. The van der Waals surface area contributed by atoms with Crippen molar-refractivity contribution >= 4 is 5.78 Å². The lowest BCUT2D eigenvalue weighted by Gasteiger charge is -2.36. The van der Waals surface area contributed by atoms with Gasteiger partial charge in [0, 0.05) is 11.8 Å². The van der Waals surface area contributed by atoms with Crippen molar-refractivity contribution in [1.29, 1.82) is 0 Å². The summed E-state index contributed by atoms with van der Waals surface area (Å²) in [5, 5.41) is 0. The van der Waals surface area contributed by atoms with Crippen molar-refractivity contribution in [2.45, 2.75) is 52.4 Å². The first kappa shape index (κ1) is 14.8. The Labute approximate surface area is 129 Å². The molecule has 1 heteroatoms. The molecule has 0 heterocycles. The van der Waals surface area contributed by atoms with Crippen LogP contribution in [0.15, 0.2) is 30.3 Å². The summed E-state index contributed by atoms with van der Waals surface area (Å²) in [7, 11) is 0. The van der Waals surface area contributed by atoms with E-state index >= 15 is 0 Å². The Bertz CT molecular complexity index is 490. The summed E-state index contributed by atoms with van der Waals surface area (Å²) in [6.07, 6.45) is 4.76. The highest BCUT2D eigenvalue weighted by molar-refractivity contribution is 5.87. The smallest absolute Gasteiger partial charge is 0.139 e. The molecule has 0 aromatic heterocycles. The molecule has 0 N–H and O–H groups in total. The first-order valence-corrected chi connectivity index (χ1v) is 8.66. The molecule has 0 spiro atoms. The van der Waals surface area contributed by atoms with Gasteiger partial charge in [-0.1, -0.05) is 57.5 Å². The summed E-state index contributed by atoms with van der Waals surface area (Å²) in [5.41, 5.74) is 1.36. The molecule has 114 valence electrons. The van der Waals surface area contributed by atoms with Crippen molar-refractivity contribution < 1.29 is 4.79 Å². The van der Waals surface area contributed by atoms with E-state index in [-0.39, 0.29) is 0 Å². The van der Waals surface area contributed by atoms with E-state index < -0.39 is 0 Å². The number of benzene rings is 1. The second-order valence-electron chi connectivity index (χ2n) is 7.69. The van der Waals surface area contributed by atoms with Gasteiger partial charge in [-0.3, -0.25) is 4.79 Å². The molecule has 5 atom stereocenters. The fourth-order valence-electron chi connectivity index (χ4n) is 4.38. The van der Waals surface area contributed by atoms with Crippen molar-refractivity contribution in [3.8, 4) is 0 Å². The first-order valence-electron chi connectivity index (χ1n) is 8.66.